The Kier molecular flexibility index (Phi) is 5.14. The van der Waals surface area contributed by atoms with Crippen LogP contribution in [0.4, 0.5) is 5.82 Å². The predicted molar refractivity (Wildman–Crippen MR) is 77.0 cm³/mol. The van der Waals surface area contributed by atoms with Gasteiger partial charge in [-0.05, 0) is 13.3 Å². The summed E-state index contributed by atoms with van der Waals surface area (Å²) in [5, 5.41) is 3.52. The summed E-state index contributed by atoms with van der Waals surface area (Å²) >= 11 is 6.10. The minimum absolute atomic E-state index is 0.0442. The van der Waals surface area contributed by atoms with Crippen LogP contribution in [0.5, 0.6) is 0 Å². The molecule has 2 heterocycles. The van der Waals surface area contributed by atoms with Crippen molar-refractivity contribution in [3.8, 4) is 0 Å². The van der Waals surface area contributed by atoms with Crippen LogP contribution >= 0.6 is 11.6 Å². The van der Waals surface area contributed by atoms with Crippen molar-refractivity contribution in [1.29, 1.82) is 0 Å². The zero-order valence-electron chi connectivity index (χ0n) is 11.8. The molecule has 7 heteroatoms. The van der Waals surface area contributed by atoms with Gasteiger partial charge in [0.15, 0.2) is 0 Å². The van der Waals surface area contributed by atoms with E-state index < -0.39 is 0 Å². The van der Waals surface area contributed by atoms with E-state index in [9.17, 15) is 4.79 Å². The standard InChI is InChI=1S/C13H19ClN4O2/c1-3-10-12(14)16-9(2)17-13(10)15-8-11(19)18-4-6-20-7-5-18/h3-8H2,1-2H3,(H,15,16,17). The molecule has 0 aromatic carbocycles. The zero-order chi connectivity index (χ0) is 14.5. The van der Waals surface area contributed by atoms with Crippen molar-refractivity contribution in [2.45, 2.75) is 20.3 Å². The minimum atomic E-state index is 0.0442. The highest BCUT2D eigenvalue weighted by molar-refractivity contribution is 6.30. The van der Waals surface area contributed by atoms with Gasteiger partial charge >= 0.3 is 0 Å². The molecular formula is C13H19ClN4O2. The lowest BCUT2D eigenvalue weighted by Crippen LogP contribution is -2.43. The lowest BCUT2D eigenvalue weighted by molar-refractivity contribution is -0.133. The summed E-state index contributed by atoms with van der Waals surface area (Å²) < 4.78 is 5.23. The number of aryl methyl sites for hydroxylation is 1. The van der Waals surface area contributed by atoms with E-state index in [4.69, 9.17) is 16.3 Å². The number of hydrogen-bond acceptors (Lipinski definition) is 5. The summed E-state index contributed by atoms with van der Waals surface area (Å²) in [6.07, 6.45) is 0.715. The average molecular weight is 299 g/mol. The number of morpholine rings is 1. The van der Waals surface area contributed by atoms with Crippen molar-refractivity contribution < 1.29 is 9.53 Å². The fourth-order valence-corrected chi connectivity index (χ4v) is 2.45. The van der Waals surface area contributed by atoms with Crippen LogP contribution in [0.15, 0.2) is 0 Å². The Labute approximate surface area is 123 Å². The molecule has 1 aromatic rings. The average Bonchev–Trinajstić information content (AvgIpc) is 2.45. The number of nitrogens with zero attached hydrogens (tertiary/aromatic N) is 3. The highest BCUT2D eigenvalue weighted by Crippen LogP contribution is 2.21. The Bertz CT molecular complexity index is 490. The molecule has 1 aromatic heterocycles. The number of amides is 1. The summed E-state index contributed by atoms with van der Waals surface area (Å²) in [5.74, 6) is 1.28. The maximum Gasteiger partial charge on any atom is 0.242 e. The van der Waals surface area contributed by atoms with Crippen LogP contribution in [-0.2, 0) is 16.0 Å². The van der Waals surface area contributed by atoms with Gasteiger partial charge in [-0.2, -0.15) is 0 Å². The third kappa shape index (κ3) is 3.58. The van der Waals surface area contributed by atoms with Crippen molar-refractivity contribution in [1.82, 2.24) is 14.9 Å². The number of carbonyl (C=O) groups excluding carboxylic acids is 1. The monoisotopic (exact) mass is 298 g/mol. The molecule has 1 fully saturated rings. The van der Waals surface area contributed by atoms with Crippen LogP contribution in [-0.4, -0.2) is 53.6 Å². The molecule has 2 rings (SSSR count). The van der Waals surface area contributed by atoms with Crippen LogP contribution in [0.2, 0.25) is 5.15 Å². The van der Waals surface area contributed by atoms with Gasteiger partial charge in [-0.1, -0.05) is 18.5 Å². The Hall–Kier alpha value is -1.40. The second kappa shape index (κ2) is 6.85. The number of hydrogen-bond donors (Lipinski definition) is 1. The summed E-state index contributed by atoms with van der Waals surface area (Å²) in [7, 11) is 0. The van der Waals surface area contributed by atoms with E-state index in [1.54, 1.807) is 11.8 Å². The third-order valence-corrected chi connectivity index (χ3v) is 3.51. The lowest BCUT2D eigenvalue weighted by Gasteiger charge is -2.27. The summed E-state index contributed by atoms with van der Waals surface area (Å²) in [4.78, 5) is 22.3. The molecule has 1 N–H and O–H groups in total. The molecular weight excluding hydrogens is 280 g/mol. The van der Waals surface area contributed by atoms with Gasteiger partial charge in [-0.15, -0.1) is 0 Å². The molecule has 0 spiro atoms. The third-order valence-electron chi connectivity index (χ3n) is 3.19. The first kappa shape index (κ1) is 15.0. The highest BCUT2D eigenvalue weighted by atomic mass is 35.5. The minimum Gasteiger partial charge on any atom is -0.378 e. The van der Waals surface area contributed by atoms with Crippen molar-refractivity contribution in [2.24, 2.45) is 0 Å². The molecule has 6 nitrogen and oxygen atoms in total. The first-order valence-corrected chi connectivity index (χ1v) is 7.12. The Balaban J connectivity index is 2.01. The van der Waals surface area contributed by atoms with Crippen LogP contribution < -0.4 is 5.32 Å². The number of carbonyl (C=O) groups is 1. The van der Waals surface area contributed by atoms with Crippen LogP contribution in [0.3, 0.4) is 0 Å². The Morgan fingerprint density at radius 2 is 2.10 bits per heavy atom. The van der Waals surface area contributed by atoms with Crippen molar-refractivity contribution in [3.05, 3.63) is 16.5 Å². The highest BCUT2D eigenvalue weighted by Gasteiger charge is 2.17. The van der Waals surface area contributed by atoms with Crippen LogP contribution in [0.1, 0.15) is 18.3 Å². The smallest absolute Gasteiger partial charge is 0.242 e. The Morgan fingerprint density at radius 1 is 1.40 bits per heavy atom. The number of rotatable bonds is 4. The first-order valence-electron chi connectivity index (χ1n) is 6.74. The topological polar surface area (TPSA) is 67.4 Å². The van der Waals surface area contributed by atoms with E-state index >= 15 is 0 Å². The fraction of sp³-hybridized carbons (Fsp3) is 0.615. The van der Waals surface area contributed by atoms with Gasteiger partial charge in [0.2, 0.25) is 5.91 Å². The number of halogens is 1. The van der Waals surface area contributed by atoms with Gasteiger partial charge in [0.1, 0.15) is 16.8 Å². The summed E-state index contributed by atoms with van der Waals surface area (Å²) in [6, 6.07) is 0. The normalized spacial score (nSPS) is 15.2. The molecule has 1 aliphatic heterocycles. The van der Waals surface area contributed by atoms with Gasteiger partial charge in [-0.25, -0.2) is 9.97 Å². The molecule has 0 aliphatic carbocycles. The number of anilines is 1. The number of aromatic nitrogens is 2. The molecule has 1 saturated heterocycles. The fourth-order valence-electron chi connectivity index (χ4n) is 2.10. The van der Waals surface area contributed by atoms with Gasteiger partial charge in [-0.3, -0.25) is 4.79 Å². The quantitative estimate of drug-likeness (QED) is 0.848. The maximum atomic E-state index is 12.1. The van der Waals surface area contributed by atoms with E-state index in [0.717, 1.165) is 5.56 Å². The largest absolute Gasteiger partial charge is 0.378 e. The summed E-state index contributed by atoms with van der Waals surface area (Å²) in [6.45, 7) is 6.46. The number of nitrogens with one attached hydrogen (secondary N) is 1. The van der Waals surface area contributed by atoms with Crippen molar-refractivity contribution in [3.63, 3.8) is 0 Å². The SMILES string of the molecule is CCc1c(Cl)nc(C)nc1NCC(=O)N1CCOCC1. The lowest BCUT2D eigenvalue weighted by atomic mass is 10.2. The van der Waals surface area contributed by atoms with E-state index in [1.807, 2.05) is 6.92 Å². The summed E-state index contributed by atoms with van der Waals surface area (Å²) in [5.41, 5.74) is 0.840. The van der Waals surface area contributed by atoms with Crippen molar-refractivity contribution >= 4 is 23.3 Å². The van der Waals surface area contributed by atoms with Crippen molar-refractivity contribution in [2.75, 3.05) is 38.2 Å². The Morgan fingerprint density at radius 3 is 2.75 bits per heavy atom. The van der Waals surface area contributed by atoms with E-state index in [-0.39, 0.29) is 12.5 Å². The molecule has 1 aliphatic rings. The first-order chi connectivity index (χ1) is 9.61. The molecule has 0 bridgehead atoms. The maximum absolute atomic E-state index is 12.1. The molecule has 0 unspecified atom stereocenters. The molecule has 110 valence electrons. The molecule has 1 amide bonds. The van der Waals surface area contributed by atoms with Gasteiger partial charge in [0.05, 0.1) is 19.8 Å². The zero-order valence-corrected chi connectivity index (χ0v) is 12.5. The second-order valence-corrected chi connectivity index (χ2v) is 4.95. The van der Waals surface area contributed by atoms with E-state index in [0.29, 0.717) is 49.5 Å². The number of ether oxygens (including phenoxy) is 1. The molecule has 20 heavy (non-hydrogen) atoms. The molecule has 0 atom stereocenters. The predicted octanol–water partition coefficient (Wildman–Crippen LogP) is 1.27. The van der Waals surface area contributed by atoms with Gasteiger partial charge < -0.3 is 15.0 Å². The van der Waals surface area contributed by atoms with Crippen LogP contribution in [0, 0.1) is 6.92 Å². The molecule has 0 radical (unpaired) electrons. The second-order valence-electron chi connectivity index (χ2n) is 4.59. The van der Waals surface area contributed by atoms with Crippen LogP contribution in [0.25, 0.3) is 0 Å². The van der Waals surface area contributed by atoms with E-state index in [1.165, 1.54) is 0 Å². The van der Waals surface area contributed by atoms with Gasteiger partial charge in [0.25, 0.3) is 0 Å². The van der Waals surface area contributed by atoms with Gasteiger partial charge in [0, 0.05) is 18.7 Å². The molecule has 0 saturated carbocycles. The van der Waals surface area contributed by atoms with E-state index in [2.05, 4.69) is 15.3 Å².